The highest BCUT2D eigenvalue weighted by molar-refractivity contribution is 4.98. The summed E-state index contributed by atoms with van der Waals surface area (Å²) in [4.78, 5) is 3.93. The van der Waals surface area contributed by atoms with Crippen LogP contribution in [-0.4, -0.2) is 25.5 Å². The molecule has 1 atom stereocenters. The van der Waals surface area contributed by atoms with Crippen LogP contribution >= 0.6 is 0 Å². The Morgan fingerprint density at radius 2 is 1.95 bits per heavy atom. The maximum atomic E-state index is 10.9. The molecule has 0 saturated carbocycles. The molecule has 0 aliphatic carbocycles. The fourth-order valence-corrected chi connectivity index (χ4v) is 1.84. The minimum absolute atomic E-state index is 0.221. The van der Waals surface area contributed by atoms with Crippen LogP contribution in [-0.2, 0) is 6.54 Å². The highest BCUT2D eigenvalue weighted by atomic mass is 16.3. The molecule has 4 heteroatoms. The maximum absolute atomic E-state index is 10.9. The fraction of sp³-hybridized carbons (Fsp3) is 0.733. The third kappa shape index (κ3) is 4.78. The number of hydrogen-bond acceptors (Lipinski definition) is 3. The van der Waals surface area contributed by atoms with Crippen LogP contribution in [0.3, 0.4) is 0 Å². The van der Waals surface area contributed by atoms with E-state index in [4.69, 9.17) is 0 Å². The Balaban J connectivity index is 2.74. The summed E-state index contributed by atoms with van der Waals surface area (Å²) in [5.74, 6) is 0.647. The molecular weight excluding hydrogens is 238 g/mol. The summed E-state index contributed by atoms with van der Waals surface area (Å²) in [6.07, 6.45) is 9.06. The van der Waals surface area contributed by atoms with E-state index in [-0.39, 0.29) is 5.41 Å². The van der Waals surface area contributed by atoms with Crippen molar-refractivity contribution in [2.45, 2.75) is 59.6 Å². The van der Waals surface area contributed by atoms with E-state index in [2.05, 4.69) is 56.9 Å². The number of aliphatic hydroxyl groups is 1. The lowest BCUT2D eigenvalue weighted by Gasteiger charge is -2.39. The molecule has 0 aliphatic heterocycles. The number of nitrogens with zero attached hydrogens (tertiary/aromatic N) is 3. The highest BCUT2D eigenvalue weighted by Crippen LogP contribution is 2.35. The van der Waals surface area contributed by atoms with Crippen LogP contribution in [0.5, 0.6) is 0 Å². The first kappa shape index (κ1) is 15.9. The molecule has 0 spiro atoms. The van der Waals surface area contributed by atoms with Crippen molar-refractivity contribution in [1.29, 1.82) is 0 Å². The molecule has 1 heterocycles. The van der Waals surface area contributed by atoms with Crippen LogP contribution in [0.2, 0.25) is 0 Å². The Morgan fingerprint density at radius 3 is 2.42 bits per heavy atom. The number of aromatic nitrogens is 3. The first-order chi connectivity index (χ1) is 8.74. The van der Waals surface area contributed by atoms with Gasteiger partial charge >= 0.3 is 0 Å². The predicted octanol–water partition coefficient (Wildman–Crippen LogP) is 3.05. The van der Waals surface area contributed by atoms with Crippen LogP contribution in [0, 0.1) is 11.3 Å². The first-order valence-electron chi connectivity index (χ1n) is 6.94. The van der Waals surface area contributed by atoms with Gasteiger partial charge in [0, 0.05) is 0 Å². The first-order valence-corrected chi connectivity index (χ1v) is 6.94. The van der Waals surface area contributed by atoms with Gasteiger partial charge < -0.3 is 5.11 Å². The van der Waals surface area contributed by atoms with E-state index in [1.807, 2.05) is 0 Å². The van der Waals surface area contributed by atoms with Crippen molar-refractivity contribution >= 4 is 0 Å². The van der Waals surface area contributed by atoms with E-state index in [0.717, 1.165) is 6.42 Å². The molecule has 1 aromatic rings. The van der Waals surface area contributed by atoms with E-state index in [1.165, 1.54) is 6.33 Å². The van der Waals surface area contributed by atoms with Gasteiger partial charge in [0.05, 0.1) is 12.1 Å². The van der Waals surface area contributed by atoms with Gasteiger partial charge in [0.1, 0.15) is 12.7 Å². The number of rotatable bonds is 6. The lowest BCUT2D eigenvalue weighted by molar-refractivity contribution is -0.0709. The van der Waals surface area contributed by atoms with Gasteiger partial charge in [0.25, 0.3) is 0 Å². The quantitative estimate of drug-likeness (QED) is 0.804. The SMILES string of the molecule is CC(C)C/C=C/CC(O)(Cn1cncn1)C(C)(C)C. The Morgan fingerprint density at radius 1 is 1.26 bits per heavy atom. The van der Waals surface area contributed by atoms with Crippen molar-refractivity contribution in [1.82, 2.24) is 14.8 Å². The zero-order valence-electron chi connectivity index (χ0n) is 12.8. The van der Waals surface area contributed by atoms with Crippen molar-refractivity contribution in [2.24, 2.45) is 11.3 Å². The highest BCUT2D eigenvalue weighted by Gasteiger charge is 2.39. The van der Waals surface area contributed by atoms with Crippen LogP contribution < -0.4 is 0 Å². The number of hydrogen-bond donors (Lipinski definition) is 1. The Labute approximate surface area is 116 Å². The van der Waals surface area contributed by atoms with Crippen molar-refractivity contribution in [3.05, 3.63) is 24.8 Å². The monoisotopic (exact) mass is 265 g/mol. The summed E-state index contributed by atoms with van der Waals surface area (Å²) < 4.78 is 1.70. The van der Waals surface area contributed by atoms with Gasteiger partial charge in [-0.05, 0) is 24.2 Å². The zero-order chi connectivity index (χ0) is 14.5. The summed E-state index contributed by atoms with van der Waals surface area (Å²) >= 11 is 0. The molecule has 0 saturated heterocycles. The molecule has 0 aromatic carbocycles. The predicted molar refractivity (Wildman–Crippen MR) is 77.6 cm³/mol. The van der Waals surface area contributed by atoms with Crippen LogP contribution in [0.1, 0.15) is 47.5 Å². The van der Waals surface area contributed by atoms with Crippen LogP contribution in [0.15, 0.2) is 24.8 Å². The van der Waals surface area contributed by atoms with E-state index < -0.39 is 5.60 Å². The molecule has 108 valence electrons. The van der Waals surface area contributed by atoms with E-state index in [1.54, 1.807) is 11.0 Å². The van der Waals surface area contributed by atoms with Crippen molar-refractivity contribution in [3.63, 3.8) is 0 Å². The third-order valence-electron chi connectivity index (χ3n) is 3.52. The second kappa shape index (κ2) is 6.33. The zero-order valence-corrected chi connectivity index (χ0v) is 12.8. The summed E-state index contributed by atoms with van der Waals surface area (Å²) in [5.41, 5.74) is -1.05. The lowest BCUT2D eigenvalue weighted by Crippen LogP contribution is -2.46. The summed E-state index contributed by atoms with van der Waals surface area (Å²) in [5, 5.41) is 15.0. The second-order valence-electron chi connectivity index (χ2n) is 6.68. The molecule has 4 nitrogen and oxygen atoms in total. The summed E-state index contributed by atoms with van der Waals surface area (Å²) in [7, 11) is 0. The maximum Gasteiger partial charge on any atom is 0.137 e. The molecule has 1 N–H and O–H groups in total. The third-order valence-corrected chi connectivity index (χ3v) is 3.52. The van der Waals surface area contributed by atoms with Gasteiger partial charge in [-0.15, -0.1) is 0 Å². The van der Waals surface area contributed by atoms with Crippen molar-refractivity contribution in [3.8, 4) is 0 Å². The Bertz CT molecular complexity index is 390. The second-order valence-corrected chi connectivity index (χ2v) is 6.68. The average molecular weight is 265 g/mol. The van der Waals surface area contributed by atoms with Gasteiger partial charge in [0.15, 0.2) is 0 Å². The largest absolute Gasteiger partial charge is 0.387 e. The lowest BCUT2D eigenvalue weighted by atomic mass is 9.74. The standard InChI is InChI=1S/C15H27N3O/c1-13(2)8-6-7-9-15(19,14(3,4)5)10-18-12-16-11-17-18/h6-7,11-13,19H,8-10H2,1-5H3/b7-6+. The molecule has 1 unspecified atom stereocenters. The van der Waals surface area contributed by atoms with E-state index in [9.17, 15) is 5.11 Å². The fourth-order valence-electron chi connectivity index (χ4n) is 1.84. The van der Waals surface area contributed by atoms with E-state index >= 15 is 0 Å². The van der Waals surface area contributed by atoms with Crippen molar-refractivity contribution in [2.75, 3.05) is 0 Å². The molecule has 0 amide bonds. The Kier molecular flexibility index (Phi) is 5.29. The Hall–Kier alpha value is -1.16. The molecule has 0 radical (unpaired) electrons. The molecule has 0 fully saturated rings. The van der Waals surface area contributed by atoms with Crippen molar-refractivity contribution < 1.29 is 5.11 Å². The summed E-state index contributed by atoms with van der Waals surface area (Å²) in [6.45, 7) is 11.0. The van der Waals surface area contributed by atoms with Gasteiger partial charge in [-0.2, -0.15) is 5.10 Å². The van der Waals surface area contributed by atoms with Gasteiger partial charge in [-0.3, -0.25) is 4.68 Å². The van der Waals surface area contributed by atoms with Gasteiger partial charge in [-0.25, -0.2) is 4.98 Å². The summed E-state index contributed by atoms with van der Waals surface area (Å²) in [6, 6.07) is 0. The number of allylic oxidation sites excluding steroid dienone is 1. The van der Waals surface area contributed by atoms with E-state index in [0.29, 0.717) is 18.9 Å². The molecule has 19 heavy (non-hydrogen) atoms. The van der Waals surface area contributed by atoms with Crippen LogP contribution in [0.25, 0.3) is 0 Å². The minimum atomic E-state index is -0.825. The molecule has 0 aliphatic rings. The normalized spacial score (nSPS) is 16.2. The molecule has 1 rings (SSSR count). The topological polar surface area (TPSA) is 50.9 Å². The smallest absolute Gasteiger partial charge is 0.137 e. The average Bonchev–Trinajstić information content (AvgIpc) is 2.75. The van der Waals surface area contributed by atoms with Gasteiger partial charge in [-0.1, -0.05) is 46.8 Å². The van der Waals surface area contributed by atoms with Gasteiger partial charge in [0.2, 0.25) is 0 Å². The minimum Gasteiger partial charge on any atom is -0.387 e. The van der Waals surface area contributed by atoms with Crippen LogP contribution in [0.4, 0.5) is 0 Å². The molecular formula is C15H27N3O. The molecule has 1 aromatic heterocycles. The molecule has 0 bridgehead atoms.